The first-order chi connectivity index (χ1) is 9.69. The fraction of sp³-hybridized carbons (Fsp3) is 0.286. The highest BCUT2D eigenvalue weighted by molar-refractivity contribution is 7.80. The van der Waals surface area contributed by atoms with Crippen LogP contribution < -0.4 is 16.2 Å². The normalized spacial score (nSPS) is 11.3. The third-order valence-electron chi connectivity index (χ3n) is 2.18. The second-order valence-electron chi connectivity index (χ2n) is 5.29. The van der Waals surface area contributed by atoms with Crippen LogP contribution in [0.2, 0.25) is 10.0 Å². The van der Waals surface area contributed by atoms with E-state index in [0.717, 1.165) is 0 Å². The molecule has 1 aromatic carbocycles. The molecule has 0 saturated heterocycles. The minimum absolute atomic E-state index is 0.182. The fourth-order valence-electron chi connectivity index (χ4n) is 1.35. The van der Waals surface area contributed by atoms with Gasteiger partial charge in [0, 0.05) is 11.6 Å². The molecule has 7 heteroatoms. The van der Waals surface area contributed by atoms with Crippen LogP contribution >= 0.6 is 35.4 Å². The predicted molar refractivity (Wildman–Crippen MR) is 92.3 cm³/mol. The maximum Gasteiger partial charge on any atom is 0.262 e. The number of amides is 1. The standard InChI is InChI=1S/C14H17Cl2N3OS/c1-14(2,3)17-13(21)19-18-11(20)8-7-9-5-4-6-10(15)12(9)16/h4-8H,1-3H3,(H,18,20)(H2,17,19,21)/b8-7+. The van der Waals surface area contributed by atoms with Crippen molar-refractivity contribution >= 4 is 52.5 Å². The molecule has 0 spiro atoms. The zero-order valence-electron chi connectivity index (χ0n) is 12.0. The number of benzene rings is 1. The molecule has 0 aliphatic heterocycles. The van der Waals surface area contributed by atoms with E-state index in [4.69, 9.17) is 35.4 Å². The van der Waals surface area contributed by atoms with Crippen molar-refractivity contribution in [3.63, 3.8) is 0 Å². The van der Waals surface area contributed by atoms with E-state index in [1.165, 1.54) is 6.08 Å². The molecule has 0 saturated carbocycles. The molecule has 0 atom stereocenters. The first-order valence-electron chi connectivity index (χ1n) is 6.19. The summed E-state index contributed by atoms with van der Waals surface area (Å²) < 4.78 is 0. The molecule has 0 aliphatic rings. The predicted octanol–water partition coefficient (Wildman–Crippen LogP) is 3.30. The molecular formula is C14H17Cl2N3OS. The van der Waals surface area contributed by atoms with Crippen LogP contribution in [0.4, 0.5) is 0 Å². The van der Waals surface area contributed by atoms with Crippen molar-refractivity contribution in [2.24, 2.45) is 0 Å². The van der Waals surface area contributed by atoms with Gasteiger partial charge in [0.1, 0.15) is 0 Å². The molecule has 0 unspecified atom stereocenters. The van der Waals surface area contributed by atoms with Crippen molar-refractivity contribution in [2.75, 3.05) is 0 Å². The summed E-state index contributed by atoms with van der Waals surface area (Å²) in [5.74, 6) is -0.357. The lowest BCUT2D eigenvalue weighted by atomic mass is 10.1. The summed E-state index contributed by atoms with van der Waals surface area (Å²) in [5, 5.41) is 4.19. The number of carbonyl (C=O) groups excluding carboxylic acids is 1. The molecule has 0 heterocycles. The van der Waals surface area contributed by atoms with E-state index in [-0.39, 0.29) is 11.4 Å². The monoisotopic (exact) mass is 345 g/mol. The zero-order valence-corrected chi connectivity index (χ0v) is 14.3. The Balaban J connectivity index is 2.52. The summed E-state index contributed by atoms with van der Waals surface area (Å²) in [7, 11) is 0. The molecule has 4 nitrogen and oxygen atoms in total. The van der Waals surface area contributed by atoms with Gasteiger partial charge in [0.25, 0.3) is 5.91 Å². The Kier molecular flexibility index (Phi) is 6.45. The summed E-state index contributed by atoms with van der Waals surface area (Å²) in [5.41, 5.74) is 5.55. The van der Waals surface area contributed by atoms with Crippen LogP contribution in [0.15, 0.2) is 24.3 Å². The van der Waals surface area contributed by atoms with E-state index in [1.54, 1.807) is 24.3 Å². The van der Waals surface area contributed by atoms with Gasteiger partial charge in [-0.05, 0) is 50.7 Å². The SMILES string of the molecule is CC(C)(C)NC(=S)NNC(=O)/C=C/c1cccc(Cl)c1Cl. The Bertz CT molecular complexity index is 568. The Hall–Kier alpha value is -1.30. The van der Waals surface area contributed by atoms with E-state index in [0.29, 0.717) is 20.7 Å². The molecule has 0 bridgehead atoms. The lowest BCUT2D eigenvalue weighted by Crippen LogP contribution is -2.51. The summed E-state index contributed by atoms with van der Waals surface area (Å²) in [6, 6.07) is 5.20. The minimum atomic E-state index is -0.357. The lowest BCUT2D eigenvalue weighted by molar-refractivity contribution is -0.117. The van der Waals surface area contributed by atoms with Crippen LogP contribution in [0.25, 0.3) is 6.08 Å². The molecule has 1 rings (SSSR count). The van der Waals surface area contributed by atoms with E-state index < -0.39 is 0 Å². The Morgan fingerprint density at radius 1 is 1.24 bits per heavy atom. The minimum Gasteiger partial charge on any atom is -0.357 e. The lowest BCUT2D eigenvalue weighted by Gasteiger charge is -2.22. The van der Waals surface area contributed by atoms with Gasteiger partial charge in [0.15, 0.2) is 5.11 Å². The molecule has 21 heavy (non-hydrogen) atoms. The average Bonchev–Trinajstić information content (AvgIpc) is 2.36. The van der Waals surface area contributed by atoms with Crippen LogP contribution in [0, 0.1) is 0 Å². The van der Waals surface area contributed by atoms with Gasteiger partial charge >= 0.3 is 0 Å². The first-order valence-corrected chi connectivity index (χ1v) is 7.36. The Morgan fingerprint density at radius 3 is 2.52 bits per heavy atom. The summed E-state index contributed by atoms with van der Waals surface area (Å²) >= 11 is 16.9. The number of thiocarbonyl (C=S) groups is 1. The summed E-state index contributed by atoms with van der Waals surface area (Å²) in [6.45, 7) is 5.89. The quantitative estimate of drug-likeness (QED) is 0.437. The molecule has 1 aromatic rings. The maximum atomic E-state index is 11.7. The molecule has 0 fully saturated rings. The van der Waals surface area contributed by atoms with Crippen LogP contribution in [0.1, 0.15) is 26.3 Å². The number of hydrogen-bond donors (Lipinski definition) is 3. The van der Waals surface area contributed by atoms with Crippen LogP contribution in [0.5, 0.6) is 0 Å². The van der Waals surface area contributed by atoms with Crippen molar-refractivity contribution < 1.29 is 4.79 Å². The van der Waals surface area contributed by atoms with Gasteiger partial charge in [0.2, 0.25) is 0 Å². The van der Waals surface area contributed by atoms with E-state index in [2.05, 4.69) is 16.2 Å². The fourth-order valence-corrected chi connectivity index (χ4v) is 2.07. The Morgan fingerprint density at radius 2 is 1.90 bits per heavy atom. The average molecular weight is 346 g/mol. The number of carbonyl (C=O) groups is 1. The van der Waals surface area contributed by atoms with Crippen molar-refractivity contribution in [3.05, 3.63) is 39.9 Å². The van der Waals surface area contributed by atoms with Crippen molar-refractivity contribution in [1.29, 1.82) is 0 Å². The van der Waals surface area contributed by atoms with Crippen molar-refractivity contribution in [2.45, 2.75) is 26.3 Å². The van der Waals surface area contributed by atoms with E-state index in [1.807, 2.05) is 20.8 Å². The van der Waals surface area contributed by atoms with Crippen LogP contribution in [-0.2, 0) is 4.79 Å². The van der Waals surface area contributed by atoms with Gasteiger partial charge in [-0.15, -0.1) is 0 Å². The smallest absolute Gasteiger partial charge is 0.262 e. The second-order valence-corrected chi connectivity index (χ2v) is 6.49. The molecule has 1 amide bonds. The van der Waals surface area contributed by atoms with Gasteiger partial charge in [-0.25, -0.2) is 0 Å². The molecule has 3 N–H and O–H groups in total. The number of hydrazine groups is 1. The summed E-state index contributed by atoms with van der Waals surface area (Å²) in [6.07, 6.45) is 2.91. The second kappa shape index (κ2) is 7.64. The zero-order chi connectivity index (χ0) is 16.0. The van der Waals surface area contributed by atoms with Gasteiger partial charge in [-0.3, -0.25) is 15.6 Å². The Labute approximate surface area is 139 Å². The molecular weight excluding hydrogens is 329 g/mol. The number of halogens is 2. The maximum absolute atomic E-state index is 11.7. The highest BCUT2D eigenvalue weighted by atomic mass is 35.5. The third kappa shape index (κ3) is 6.80. The number of rotatable bonds is 2. The van der Waals surface area contributed by atoms with Gasteiger partial charge in [0.05, 0.1) is 10.0 Å². The largest absolute Gasteiger partial charge is 0.357 e. The van der Waals surface area contributed by atoms with E-state index in [9.17, 15) is 4.79 Å². The first kappa shape index (κ1) is 17.8. The molecule has 114 valence electrons. The van der Waals surface area contributed by atoms with Crippen LogP contribution in [-0.4, -0.2) is 16.6 Å². The summed E-state index contributed by atoms with van der Waals surface area (Å²) in [4.78, 5) is 11.7. The van der Waals surface area contributed by atoms with Crippen LogP contribution in [0.3, 0.4) is 0 Å². The molecule has 0 aromatic heterocycles. The molecule has 0 radical (unpaired) electrons. The third-order valence-corrected chi connectivity index (χ3v) is 3.22. The van der Waals surface area contributed by atoms with Gasteiger partial charge in [-0.2, -0.15) is 0 Å². The van der Waals surface area contributed by atoms with E-state index >= 15 is 0 Å². The van der Waals surface area contributed by atoms with Gasteiger partial charge < -0.3 is 5.32 Å². The highest BCUT2D eigenvalue weighted by Crippen LogP contribution is 2.26. The number of hydrogen-bond acceptors (Lipinski definition) is 2. The number of nitrogens with one attached hydrogen (secondary N) is 3. The highest BCUT2D eigenvalue weighted by Gasteiger charge is 2.10. The van der Waals surface area contributed by atoms with Crippen molar-refractivity contribution in [3.8, 4) is 0 Å². The van der Waals surface area contributed by atoms with Crippen molar-refractivity contribution in [1.82, 2.24) is 16.2 Å². The molecule has 0 aliphatic carbocycles. The van der Waals surface area contributed by atoms with Gasteiger partial charge in [-0.1, -0.05) is 35.3 Å². The topological polar surface area (TPSA) is 53.2 Å².